The summed E-state index contributed by atoms with van der Waals surface area (Å²) in [6, 6.07) is 12.8. The molecule has 0 aliphatic heterocycles. The first-order chi connectivity index (χ1) is 9.20. The van der Waals surface area contributed by atoms with Crippen molar-refractivity contribution in [3.8, 4) is 6.07 Å². The van der Waals surface area contributed by atoms with Gasteiger partial charge < -0.3 is 0 Å². The first-order valence-electron chi connectivity index (χ1n) is 6.56. The zero-order valence-electron chi connectivity index (χ0n) is 11.4. The molecular formula is C17H18N2. The van der Waals surface area contributed by atoms with Crippen LogP contribution < -0.4 is 0 Å². The molecule has 0 saturated heterocycles. The molecule has 0 bridgehead atoms. The van der Waals surface area contributed by atoms with Crippen molar-refractivity contribution in [2.45, 2.75) is 32.6 Å². The minimum absolute atomic E-state index is 0.0342. The molecule has 1 aromatic carbocycles. The lowest BCUT2D eigenvalue weighted by molar-refractivity contribution is 0.740. The van der Waals surface area contributed by atoms with E-state index in [1.54, 1.807) is 12.4 Å². The second kappa shape index (κ2) is 6.15. The molecule has 2 rings (SSSR count). The molecule has 1 atom stereocenters. The van der Waals surface area contributed by atoms with Gasteiger partial charge in [0.2, 0.25) is 0 Å². The van der Waals surface area contributed by atoms with Gasteiger partial charge in [-0.15, -0.1) is 0 Å². The summed E-state index contributed by atoms with van der Waals surface area (Å²) >= 11 is 0. The maximum atomic E-state index is 9.41. The number of hydrogen-bond donors (Lipinski definition) is 0. The molecule has 19 heavy (non-hydrogen) atoms. The molecule has 0 fully saturated rings. The van der Waals surface area contributed by atoms with E-state index in [1.807, 2.05) is 12.1 Å². The van der Waals surface area contributed by atoms with Gasteiger partial charge in [0.25, 0.3) is 0 Å². The van der Waals surface area contributed by atoms with Gasteiger partial charge in [0.15, 0.2) is 0 Å². The minimum Gasteiger partial charge on any atom is -0.265 e. The Bertz CT molecular complexity index is 582. The van der Waals surface area contributed by atoms with Crippen molar-refractivity contribution in [2.75, 3.05) is 0 Å². The van der Waals surface area contributed by atoms with Crippen LogP contribution in [-0.2, 0) is 6.42 Å². The van der Waals surface area contributed by atoms with Crippen LogP contribution in [0.5, 0.6) is 0 Å². The van der Waals surface area contributed by atoms with E-state index in [0.29, 0.717) is 0 Å². The highest BCUT2D eigenvalue weighted by molar-refractivity contribution is 5.36. The molecule has 96 valence electrons. The molecule has 1 unspecified atom stereocenters. The molecule has 2 aromatic rings. The number of nitriles is 1. The average molecular weight is 250 g/mol. The van der Waals surface area contributed by atoms with Gasteiger partial charge in [-0.05, 0) is 55.5 Å². The van der Waals surface area contributed by atoms with E-state index in [0.717, 1.165) is 18.4 Å². The number of benzene rings is 1. The number of pyridine rings is 1. The molecule has 0 saturated carbocycles. The standard InChI is InChI=1S/C17H18N2/c1-13-3-4-14(2)17(11-13)16(12-18)6-5-15-7-9-19-10-8-15/h3-4,7-11,16H,5-6H2,1-2H3. The molecule has 2 nitrogen and oxygen atoms in total. The minimum atomic E-state index is -0.0342. The zero-order chi connectivity index (χ0) is 13.7. The quantitative estimate of drug-likeness (QED) is 0.824. The average Bonchev–Trinajstić information content (AvgIpc) is 2.44. The highest BCUT2D eigenvalue weighted by Crippen LogP contribution is 2.25. The Morgan fingerprint density at radius 2 is 1.89 bits per heavy atom. The second-order valence-electron chi connectivity index (χ2n) is 4.94. The Hall–Kier alpha value is -2.14. The number of aromatic nitrogens is 1. The third-order valence-electron chi connectivity index (χ3n) is 3.44. The molecule has 0 spiro atoms. The molecule has 2 heteroatoms. The fourth-order valence-corrected chi connectivity index (χ4v) is 2.29. The van der Waals surface area contributed by atoms with Gasteiger partial charge in [-0.2, -0.15) is 5.26 Å². The number of rotatable bonds is 4. The summed E-state index contributed by atoms with van der Waals surface area (Å²) < 4.78 is 0. The topological polar surface area (TPSA) is 36.7 Å². The Labute approximate surface area is 114 Å². The van der Waals surface area contributed by atoms with E-state index in [9.17, 15) is 5.26 Å². The van der Waals surface area contributed by atoms with Crippen molar-refractivity contribution in [3.05, 3.63) is 65.0 Å². The van der Waals surface area contributed by atoms with E-state index in [-0.39, 0.29) is 5.92 Å². The van der Waals surface area contributed by atoms with Crippen LogP contribution in [0, 0.1) is 25.2 Å². The largest absolute Gasteiger partial charge is 0.265 e. The van der Waals surface area contributed by atoms with Gasteiger partial charge in [-0.3, -0.25) is 4.98 Å². The van der Waals surface area contributed by atoms with Crippen molar-refractivity contribution in [3.63, 3.8) is 0 Å². The molecule has 1 heterocycles. The van der Waals surface area contributed by atoms with E-state index in [1.165, 1.54) is 16.7 Å². The van der Waals surface area contributed by atoms with E-state index < -0.39 is 0 Å². The molecule has 1 aromatic heterocycles. The van der Waals surface area contributed by atoms with Crippen molar-refractivity contribution in [1.29, 1.82) is 5.26 Å². The van der Waals surface area contributed by atoms with Gasteiger partial charge in [-0.25, -0.2) is 0 Å². The van der Waals surface area contributed by atoms with Crippen LogP contribution in [-0.4, -0.2) is 4.98 Å². The number of aryl methyl sites for hydroxylation is 3. The molecule has 0 amide bonds. The lowest BCUT2D eigenvalue weighted by Crippen LogP contribution is -2.01. The summed E-state index contributed by atoms with van der Waals surface area (Å²) in [4.78, 5) is 4.01. The summed E-state index contributed by atoms with van der Waals surface area (Å²) in [5, 5.41) is 9.41. The molecule has 0 N–H and O–H groups in total. The van der Waals surface area contributed by atoms with Crippen LogP contribution in [0.4, 0.5) is 0 Å². The predicted octanol–water partition coefficient (Wildman–Crippen LogP) is 3.94. The fraction of sp³-hybridized carbons (Fsp3) is 0.294. The van der Waals surface area contributed by atoms with Gasteiger partial charge in [0.05, 0.1) is 12.0 Å². The number of hydrogen-bond acceptors (Lipinski definition) is 2. The van der Waals surface area contributed by atoms with E-state index in [2.05, 4.69) is 43.1 Å². The van der Waals surface area contributed by atoms with Crippen LogP contribution >= 0.6 is 0 Å². The lowest BCUT2D eigenvalue weighted by atomic mass is 9.90. The Morgan fingerprint density at radius 3 is 2.58 bits per heavy atom. The van der Waals surface area contributed by atoms with Crippen LogP contribution in [0.2, 0.25) is 0 Å². The molecule has 0 radical (unpaired) electrons. The summed E-state index contributed by atoms with van der Waals surface area (Å²) in [6.45, 7) is 4.14. The normalized spacial score (nSPS) is 11.8. The monoisotopic (exact) mass is 250 g/mol. The molecule has 0 aliphatic carbocycles. The first-order valence-corrected chi connectivity index (χ1v) is 6.56. The smallest absolute Gasteiger partial charge is 0.0718 e. The van der Waals surface area contributed by atoms with Crippen LogP contribution in [0.15, 0.2) is 42.7 Å². The van der Waals surface area contributed by atoms with Crippen molar-refractivity contribution >= 4 is 0 Å². The Balaban J connectivity index is 2.13. The summed E-state index contributed by atoms with van der Waals surface area (Å²) in [5.41, 5.74) is 4.81. The summed E-state index contributed by atoms with van der Waals surface area (Å²) in [5.74, 6) is -0.0342. The van der Waals surface area contributed by atoms with Gasteiger partial charge >= 0.3 is 0 Å². The zero-order valence-corrected chi connectivity index (χ0v) is 11.4. The van der Waals surface area contributed by atoms with Crippen molar-refractivity contribution in [2.24, 2.45) is 0 Å². The highest BCUT2D eigenvalue weighted by Gasteiger charge is 2.13. The first kappa shape index (κ1) is 13.3. The molecular weight excluding hydrogens is 232 g/mol. The van der Waals surface area contributed by atoms with Crippen molar-refractivity contribution < 1.29 is 0 Å². The lowest BCUT2D eigenvalue weighted by Gasteiger charge is -2.13. The summed E-state index contributed by atoms with van der Waals surface area (Å²) in [6.07, 6.45) is 5.36. The van der Waals surface area contributed by atoms with Gasteiger partial charge in [-0.1, -0.05) is 23.8 Å². The van der Waals surface area contributed by atoms with Crippen LogP contribution in [0.3, 0.4) is 0 Å². The maximum Gasteiger partial charge on any atom is 0.0718 e. The van der Waals surface area contributed by atoms with Gasteiger partial charge in [0.1, 0.15) is 0 Å². The van der Waals surface area contributed by atoms with Crippen LogP contribution in [0.1, 0.15) is 34.6 Å². The third-order valence-corrected chi connectivity index (χ3v) is 3.44. The van der Waals surface area contributed by atoms with E-state index in [4.69, 9.17) is 0 Å². The highest BCUT2D eigenvalue weighted by atomic mass is 14.6. The second-order valence-corrected chi connectivity index (χ2v) is 4.94. The number of nitrogens with zero attached hydrogens (tertiary/aromatic N) is 2. The summed E-state index contributed by atoms with van der Waals surface area (Å²) in [7, 11) is 0. The van der Waals surface area contributed by atoms with Crippen LogP contribution in [0.25, 0.3) is 0 Å². The van der Waals surface area contributed by atoms with Crippen molar-refractivity contribution in [1.82, 2.24) is 4.98 Å². The van der Waals surface area contributed by atoms with Gasteiger partial charge in [0, 0.05) is 12.4 Å². The molecule has 0 aliphatic rings. The maximum absolute atomic E-state index is 9.41. The Kier molecular flexibility index (Phi) is 4.30. The fourth-order valence-electron chi connectivity index (χ4n) is 2.29. The predicted molar refractivity (Wildman–Crippen MR) is 76.8 cm³/mol. The third kappa shape index (κ3) is 3.42. The SMILES string of the molecule is Cc1ccc(C)c(C(C#N)CCc2ccncc2)c1. The Morgan fingerprint density at radius 1 is 1.16 bits per heavy atom. The van der Waals surface area contributed by atoms with E-state index >= 15 is 0 Å².